The lowest BCUT2D eigenvalue weighted by Crippen LogP contribution is -2.37. The fraction of sp³-hybridized carbons (Fsp3) is 0.375. The zero-order chi connectivity index (χ0) is 16.4. The normalized spacial score (nSPS) is 16.3. The number of ether oxygens (including phenoxy) is 1. The molecule has 8 nitrogen and oxygen atoms in total. The van der Waals surface area contributed by atoms with Crippen molar-refractivity contribution >= 4 is 22.9 Å². The highest BCUT2D eigenvalue weighted by Gasteiger charge is 2.21. The predicted molar refractivity (Wildman–Crippen MR) is 88.9 cm³/mol. The van der Waals surface area contributed by atoms with Gasteiger partial charge < -0.3 is 15.0 Å². The second-order valence-corrected chi connectivity index (χ2v) is 5.68. The summed E-state index contributed by atoms with van der Waals surface area (Å²) in [7, 11) is 0. The van der Waals surface area contributed by atoms with E-state index in [1.807, 2.05) is 18.2 Å². The monoisotopic (exact) mass is 326 g/mol. The van der Waals surface area contributed by atoms with Crippen molar-refractivity contribution < 1.29 is 9.37 Å². The first-order valence-electron chi connectivity index (χ1n) is 7.96. The molecule has 3 heterocycles. The zero-order valence-corrected chi connectivity index (χ0v) is 13.3. The lowest BCUT2D eigenvalue weighted by Gasteiger charge is -2.29. The van der Waals surface area contributed by atoms with E-state index >= 15 is 0 Å². The Morgan fingerprint density at radius 3 is 2.50 bits per heavy atom. The Bertz CT molecular complexity index is 816. The lowest BCUT2D eigenvalue weighted by molar-refractivity contribution is 0.122. The summed E-state index contributed by atoms with van der Waals surface area (Å²) >= 11 is 0. The zero-order valence-electron chi connectivity index (χ0n) is 13.3. The minimum Gasteiger partial charge on any atom is -0.378 e. The van der Waals surface area contributed by atoms with Crippen LogP contribution in [0.3, 0.4) is 0 Å². The van der Waals surface area contributed by atoms with Crippen molar-refractivity contribution in [1.82, 2.24) is 20.3 Å². The summed E-state index contributed by atoms with van der Waals surface area (Å²) in [6.45, 7) is 4.96. The van der Waals surface area contributed by atoms with E-state index in [4.69, 9.17) is 9.37 Å². The van der Waals surface area contributed by atoms with Crippen LogP contribution in [0.4, 0.5) is 11.6 Å². The fourth-order valence-electron chi connectivity index (χ4n) is 2.75. The highest BCUT2D eigenvalue weighted by atomic mass is 16.6. The van der Waals surface area contributed by atoms with Crippen LogP contribution in [0.1, 0.15) is 18.5 Å². The highest BCUT2D eigenvalue weighted by Crippen LogP contribution is 2.28. The molecule has 124 valence electrons. The van der Waals surface area contributed by atoms with Crippen molar-refractivity contribution in [1.29, 1.82) is 0 Å². The molecule has 0 spiro atoms. The summed E-state index contributed by atoms with van der Waals surface area (Å²) in [6.07, 6.45) is 0. The summed E-state index contributed by atoms with van der Waals surface area (Å²) in [4.78, 5) is 11.3. The van der Waals surface area contributed by atoms with E-state index in [9.17, 15) is 0 Å². The van der Waals surface area contributed by atoms with Gasteiger partial charge in [0.25, 0.3) is 0 Å². The van der Waals surface area contributed by atoms with Crippen LogP contribution in [-0.2, 0) is 4.74 Å². The van der Waals surface area contributed by atoms with Gasteiger partial charge in [0.1, 0.15) is 0 Å². The molecule has 0 amide bonds. The third-order valence-electron chi connectivity index (χ3n) is 4.06. The van der Waals surface area contributed by atoms with Crippen LogP contribution >= 0.6 is 0 Å². The number of anilines is 2. The topological polar surface area (TPSA) is 89.2 Å². The van der Waals surface area contributed by atoms with E-state index in [0.29, 0.717) is 30.3 Å². The Kier molecular flexibility index (Phi) is 3.96. The molecule has 0 radical (unpaired) electrons. The molecule has 2 aromatic heterocycles. The van der Waals surface area contributed by atoms with Gasteiger partial charge in [0.2, 0.25) is 11.3 Å². The van der Waals surface area contributed by atoms with E-state index in [-0.39, 0.29) is 6.04 Å². The van der Waals surface area contributed by atoms with Crippen LogP contribution in [-0.4, -0.2) is 46.6 Å². The molecule has 0 saturated carbocycles. The van der Waals surface area contributed by atoms with E-state index in [2.05, 4.69) is 49.6 Å². The van der Waals surface area contributed by atoms with Crippen LogP contribution in [0.2, 0.25) is 0 Å². The van der Waals surface area contributed by atoms with Gasteiger partial charge in [-0.3, -0.25) is 0 Å². The Balaban J connectivity index is 1.69. The largest absolute Gasteiger partial charge is 0.378 e. The molecule has 3 aromatic rings. The second-order valence-electron chi connectivity index (χ2n) is 5.68. The number of aromatic nitrogens is 4. The summed E-state index contributed by atoms with van der Waals surface area (Å²) in [5, 5.41) is 11.1. The number of hydrogen-bond donors (Lipinski definition) is 1. The number of nitrogens with zero attached hydrogens (tertiary/aromatic N) is 5. The van der Waals surface area contributed by atoms with Gasteiger partial charge in [0.15, 0.2) is 11.6 Å². The van der Waals surface area contributed by atoms with Crippen molar-refractivity contribution in [2.24, 2.45) is 0 Å². The standard InChI is InChI=1S/C16H18N6O2/c1-11(12-5-3-2-4-6-12)17-15-16(22-7-9-23-10-8-22)19-14-13(18-15)20-24-21-14/h2-6,11H,7-10H2,1H3,(H,17,18,20). The van der Waals surface area contributed by atoms with Crippen molar-refractivity contribution in [2.45, 2.75) is 13.0 Å². The van der Waals surface area contributed by atoms with Gasteiger partial charge >= 0.3 is 0 Å². The number of fused-ring (bicyclic) bond motifs is 1. The smallest absolute Gasteiger partial charge is 0.245 e. The molecule has 4 rings (SSSR count). The van der Waals surface area contributed by atoms with Gasteiger partial charge in [-0.15, -0.1) is 0 Å². The van der Waals surface area contributed by atoms with Crippen molar-refractivity contribution in [3.63, 3.8) is 0 Å². The van der Waals surface area contributed by atoms with Crippen molar-refractivity contribution in [3.8, 4) is 0 Å². The average molecular weight is 326 g/mol. The first-order chi connectivity index (χ1) is 11.8. The second kappa shape index (κ2) is 6.40. The molecular weight excluding hydrogens is 308 g/mol. The minimum atomic E-state index is 0.0811. The number of rotatable bonds is 4. The summed E-state index contributed by atoms with van der Waals surface area (Å²) in [5.41, 5.74) is 1.98. The van der Waals surface area contributed by atoms with Gasteiger partial charge in [0.05, 0.1) is 19.3 Å². The quantitative estimate of drug-likeness (QED) is 0.779. The predicted octanol–water partition coefficient (Wildman–Crippen LogP) is 2.02. The molecular formula is C16H18N6O2. The fourth-order valence-corrected chi connectivity index (χ4v) is 2.75. The molecule has 8 heteroatoms. The van der Waals surface area contributed by atoms with Gasteiger partial charge in [0, 0.05) is 13.1 Å². The molecule has 1 aliphatic heterocycles. The summed E-state index contributed by atoms with van der Waals surface area (Å²) in [5.74, 6) is 1.43. The van der Waals surface area contributed by atoms with Crippen LogP contribution < -0.4 is 10.2 Å². The molecule has 1 N–H and O–H groups in total. The highest BCUT2D eigenvalue weighted by molar-refractivity contribution is 5.74. The Labute approximate surface area is 138 Å². The SMILES string of the molecule is CC(Nc1nc2nonc2nc1N1CCOCC1)c1ccccc1. The van der Waals surface area contributed by atoms with Gasteiger partial charge in [-0.25, -0.2) is 14.6 Å². The molecule has 1 saturated heterocycles. The van der Waals surface area contributed by atoms with Crippen LogP contribution in [0.15, 0.2) is 35.0 Å². The summed E-state index contributed by atoms with van der Waals surface area (Å²) in [6, 6.07) is 10.3. The Hall–Kier alpha value is -2.74. The molecule has 24 heavy (non-hydrogen) atoms. The molecule has 1 aliphatic rings. The third-order valence-corrected chi connectivity index (χ3v) is 4.06. The van der Waals surface area contributed by atoms with Gasteiger partial charge in [-0.2, -0.15) is 0 Å². The van der Waals surface area contributed by atoms with Crippen LogP contribution in [0.5, 0.6) is 0 Å². The molecule has 1 aromatic carbocycles. The average Bonchev–Trinajstić information content (AvgIpc) is 3.10. The van der Waals surface area contributed by atoms with Crippen LogP contribution in [0, 0.1) is 0 Å². The first-order valence-corrected chi connectivity index (χ1v) is 7.96. The molecule has 0 bridgehead atoms. The maximum Gasteiger partial charge on any atom is 0.245 e. The van der Waals surface area contributed by atoms with E-state index in [1.165, 1.54) is 5.56 Å². The van der Waals surface area contributed by atoms with E-state index in [0.717, 1.165) is 18.9 Å². The first kappa shape index (κ1) is 14.8. The van der Waals surface area contributed by atoms with Gasteiger partial charge in [-0.05, 0) is 22.8 Å². The Morgan fingerprint density at radius 1 is 1.04 bits per heavy atom. The van der Waals surface area contributed by atoms with Crippen molar-refractivity contribution in [3.05, 3.63) is 35.9 Å². The number of hydrogen-bond acceptors (Lipinski definition) is 8. The van der Waals surface area contributed by atoms with E-state index < -0.39 is 0 Å². The number of nitrogens with one attached hydrogen (secondary N) is 1. The number of morpholine rings is 1. The number of benzene rings is 1. The maximum absolute atomic E-state index is 5.43. The molecule has 1 fully saturated rings. The maximum atomic E-state index is 5.43. The Morgan fingerprint density at radius 2 is 1.75 bits per heavy atom. The minimum absolute atomic E-state index is 0.0811. The van der Waals surface area contributed by atoms with Crippen molar-refractivity contribution in [2.75, 3.05) is 36.5 Å². The molecule has 1 atom stereocenters. The van der Waals surface area contributed by atoms with Gasteiger partial charge in [-0.1, -0.05) is 30.3 Å². The molecule has 0 aliphatic carbocycles. The van der Waals surface area contributed by atoms with E-state index in [1.54, 1.807) is 0 Å². The van der Waals surface area contributed by atoms with Crippen LogP contribution in [0.25, 0.3) is 11.3 Å². The molecule has 1 unspecified atom stereocenters. The summed E-state index contributed by atoms with van der Waals surface area (Å²) < 4.78 is 10.2. The third kappa shape index (κ3) is 2.88. The lowest BCUT2D eigenvalue weighted by atomic mass is 10.1.